The fourth-order valence-electron chi connectivity index (χ4n) is 4.80. The lowest BCUT2D eigenvalue weighted by molar-refractivity contribution is -0.139. The third-order valence-corrected chi connectivity index (χ3v) is 10.9. The fraction of sp³-hybridized carbons (Fsp3) is 0.517. The maximum atomic E-state index is 12.6. The second kappa shape index (κ2) is 21.8. The van der Waals surface area contributed by atoms with Crippen LogP contribution < -0.4 is 21.1 Å². The summed E-state index contributed by atoms with van der Waals surface area (Å²) in [5.74, 6) is -1.33. The Balaban J connectivity index is 0.000000728. The van der Waals surface area contributed by atoms with Crippen LogP contribution in [0.2, 0.25) is 0 Å². The Kier molecular flexibility index (Phi) is 18.3. The maximum Gasteiger partial charge on any atom is 0.481 e. The summed E-state index contributed by atoms with van der Waals surface area (Å²) < 4.78 is 66.6. The molecule has 7 atom stereocenters. The predicted molar refractivity (Wildman–Crippen MR) is 203 cm³/mol. The number of phosphoric ester groups is 3. The molecule has 1 aromatic carbocycles. The molecule has 1 aliphatic heterocycles. The van der Waals surface area contributed by atoms with E-state index in [2.05, 4.69) is 47.0 Å². The van der Waals surface area contributed by atoms with Gasteiger partial charge in [-0.15, -0.1) is 0 Å². The molecule has 1 fully saturated rings. The number of aliphatic carboxylic acids is 1. The lowest BCUT2D eigenvalue weighted by atomic mass is 9.87. The number of rotatable bonds is 21. The van der Waals surface area contributed by atoms with Crippen molar-refractivity contribution in [2.45, 2.75) is 50.9 Å². The molecule has 0 bridgehead atoms. The van der Waals surface area contributed by atoms with Gasteiger partial charge in [0.05, 0.1) is 19.5 Å². The van der Waals surface area contributed by atoms with Gasteiger partial charge in [0.2, 0.25) is 11.8 Å². The highest BCUT2D eigenvalue weighted by atomic mass is 32.1. The van der Waals surface area contributed by atoms with Crippen LogP contribution in [0.5, 0.6) is 5.75 Å². The number of para-hydroxylation sites is 1. The number of carboxylic acid groups (broad SMARTS) is 1. The number of aliphatic hydroxyl groups is 2. The van der Waals surface area contributed by atoms with Gasteiger partial charge in [-0.05, 0) is 12.1 Å². The number of benzene rings is 1. The van der Waals surface area contributed by atoms with E-state index in [1.165, 1.54) is 13.8 Å². The van der Waals surface area contributed by atoms with Crippen LogP contribution in [-0.4, -0.2) is 135 Å². The molecule has 2 unspecified atom stereocenters. The van der Waals surface area contributed by atoms with Gasteiger partial charge < -0.3 is 60.7 Å². The summed E-state index contributed by atoms with van der Waals surface area (Å²) in [5, 5.41) is 34.3. The standard InChI is InChI=1S/C21H36N7O16P3S.C8H8O3/c1-21(2,16(31)19(32)24-4-3-12(29)23-5-6-48)8-41-47(38,39)44-46(36,37)40-7-11-15(43-45(33,34)35)14(30)20(42-11)28-10-27-13-17(22)25-9-26-18(13)28;9-8(10)6-11-7-4-2-1-3-5-7/h9-11,14-16,20,30-31,48H,3-8H2,1-2H3,(H,23,29)(H,24,32)(H,36,37)(H,38,39)(H2,22,25,26)(H2,33,34,35);1-5H,6H2,(H,9,10)/t11-,14-,15-,16+,20-;/m1./s1. The highest BCUT2D eigenvalue weighted by Gasteiger charge is 2.50. The van der Waals surface area contributed by atoms with Crippen LogP contribution in [0.1, 0.15) is 26.5 Å². The van der Waals surface area contributed by atoms with Crippen molar-refractivity contribution in [1.29, 1.82) is 0 Å². The van der Waals surface area contributed by atoms with Crippen molar-refractivity contribution in [2.75, 3.05) is 44.4 Å². The van der Waals surface area contributed by atoms with Crippen LogP contribution in [0, 0.1) is 5.41 Å². The summed E-state index contributed by atoms with van der Waals surface area (Å²) in [6.07, 6.45) is -6.74. The van der Waals surface area contributed by atoms with Crippen LogP contribution in [0.25, 0.3) is 11.2 Å². The molecule has 0 aliphatic carbocycles. The molecule has 1 aliphatic rings. The number of anilines is 1. The van der Waals surface area contributed by atoms with Gasteiger partial charge >= 0.3 is 29.4 Å². The summed E-state index contributed by atoms with van der Waals surface area (Å²) in [5.41, 5.74) is 4.30. The van der Waals surface area contributed by atoms with E-state index in [-0.39, 0.29) is 42.5 Å². The maximum absolute atomic E-state index is 12.6. The van der Waals surface area contributed by atoms with Crippen LogP contribution in [0.15, 0.2) is 43.0 Å². The monoisotopic (exact) mass is 919 g/mol. The SMILES string of the molecule is CC(C)(COP(=O)(O)OP(=O)(O)OC[C@H]1O[C@@H](n2cnc3c(N)ncnc32)[C@H](O)[C@@H]1OP(=O)(O)O)[C@@H](O)C(=O)NCCC(=O)NCCS.O=C(O)COc1ccccc1. The van der Waals surface area contributed by atoms with E-state index in [0.29, 0.717) is 18.0 Å². The van der Waals surface area contributed by atoms with Gasteiger partial charge in [-0.25, -0.2) is 33.4 Å². The minimum absolute atomic E-state index is 0.0363. The number of amides is 2. The molecule has 1 saturated heterocycles. The third-order valence-electron chi connectivity index (χ3n) is 7.62. The van der Waals surface area contributed by atoms with E-state index < -0.39 is 84.6 Å². The lowest BCUT2D eigenvalue weighted by Gasteiger charge is -2.30. The number of nitrogens with one attached hydrogen (secondary N) is 2. The minimum atomic E-state index is -5.54. The smallest absolute Gasteiger partial charge is 0.481 e. The number of phosphoric acid groups is 3. The van der Waals surface area contributed by atoms with Crippen molar-refractivity contribution >= 4 is 70.9 Å². The number of imidazole rings is 1. The van der Waals surface area contributed by atoms with E-state index >= 15 is 0 Å². The van der Waals surface area contributed by atoms with Crippen molar-refractivity contribution in [3.05, 3.63) is 43.0 Å². The molecule has 4 rings (SSSR count). The second-order valence-electron chi connectivity index (χ2n) is 12.8. The topological polar surface area (TPSA) is 393 Å². The second-order valence-corrected chi connectivity index (χ2v) is 17.5. The van der Waals surface area contributed by atoms with E-state index in [1.54, 1.807) is 24.3 Å². The zero-order chi connectivity index (χ0) is 44.2. The zero-order valence-electron chi connectivity index (χ0n) is 31.1. The molecule has 2 aromatic heterocycles. The average Bonchev–Trinajstić information content (AvgIpc) is 3.71. The molecule has 3 aromatic rings. The molecule has 11 N–H and O–H groups in total. The normalized spacial score (nSPS) is 20.7. The zero-order valence-corrected chi connectivity index (χ0v) is 34.6. The number of thiol groups is 1. The van der Waals surface area contributed by atoms with Crippen LogP contribution in [0.3, 0.4) is 0 Å². The summed E-state index contributed by atoms with van der Waals surface area (Å²) >= 11 is 3.95. The highest BCUT2D eigenvalue weighted by molar-refractivity contribution is 7.80. The van der Waals surface area contributed by atoms with Crippen molar-refractivity contribution in [2.24, 2.45) is 5.41 Å². The molecule has 0 radical (unpaired) electrons. The van der Waals surface area contributed by atoms with Gasteiger partial charge in [0.25, 0.3) is 0 Å². The number of ether oxygens (including phenoxy) is 2. The number of fused-ring (bicyclic) bond motifs is 1. The quantitative estimate of drug-likeness (QED) is 0.0473. The van der Waals surface area contributed by atoms with Crippen molar-refractivity contribution in [3.63, 3.8) is 0 Å². The molecular weight excluding hydrogens is 875 g/mol. The van der Waals surface area contributed by atoms with Crippen molar-refractivity contribution in [3.8, 4) is 5.75 Å². The minimum Gasteiger partial charge on any atom is -0.482 e. The Morgan fingerprint density at radius 3 is 2.31 bits per heavy atom. The largest absolute Gasteiger partial charge is 0.482 e. The molecule has 30 heteroatoms. The van der Waals surface area contributed by atoms with E-state index in [0.717, 1.165) is 17.2 Å². The molecule has 330 valence electrons. The van der Waals surface area contributed by atoms with Gasteiger partial charge in [0.15, 0.2) is 24.3 Å². The Labute approximate surface area is 340 Å². The molecule has 26 nitrogen and oxygen atoms in total. The van der Waals surface area contributed by atoms with Gasteiger partial charge in [-0.3, -0.25) is 27.7 Å². The summed E-state index contributed by atoms with van der Waals surface area (Å²) in [6, 6.07) is 8.84. The van der Waals surface area contributed by atoms with Gasteiger partial charge in [-0.2, -0.15) is 16.9 Å². The van der Waals surface area contributed by atoms with Crippen molar-refractivity contribution in [1.82, 2.24) is 30.2 Å². The molecule has 0 spiro atoms. The first-order valence-electron chi connectivity index (χ1n) is 16.8. The Morgan fingerprint density at radius 1 is 1.02 bits per heavy atom. The molecular formula is C29H44N7O19P3S. The molecule has 0 saturated carbocycles. The van der Waals surface area contributed by atoms with Gasteiger partial charge in [0, 0.05) is 30.7 Å². The van der Waals surface area contributed by atoms with Crippen LogP contribution in [-0.2, 0) is 50.7 Å². The van der Waals surface area contributed by atoms with Crippen LogP contribution in [0.4, 0.5) is 5.82 Å². The summed E-state index contributed by atoms with van der Waals surface area (Å²) in [4.78, 5) is 84.7. The number of carbonyl (C=O) groups is 3. The number of aromatic nitrogens is 4. The van der Waals surface area contributed by atoms with E-state index in [1.807, 2.05) is 6.07 Å². The highest BCUT2D eigenvalue weighted by Crippen LogP contribution is 2.61. The number of hydrogen-bond acceptors (Lipinski definition) is 19. The Hall–Kier alpha value is -3.62. The number of aliphatic hydroxyl groups excluding tert-OH is 2. The number of hydrogen-bond donors (Lipinski definition) is 11. The van der Waals surface area contributed by atoms with Gasteiger partial charge in [-0.1, -0.05) is 32.0 Å². The molecule has 59 heavy (non-hydrogen) atoms. The number of nitrogens with zero attached hydrogens (tertiary/aromatic N) is 4. The number of nitrogens with two attached hydrogens (primary N) is 1. The van der Waals surface area contributed by atoms with E-state index in [9.17, 15) is 57.9 Å². The van der Waals surface area contributed by atoms with Gasteiger partial charge in [0.1, 0.15) is 42.0 Å². The average molecular weight is 920 g/mol. The first-order chi connectivity index (χ1) is 27.4. The lowest BCUT2D eigenvalue weighted by Crippen LogP contribution is -2.46. The first-order valence-corrected chi connectivity index (χ1v) is 22.0. The number of carboxylic acids is 1. The molecule has 2 amide bonds. The van der Waals surface area contributed by atoms with Crippen LogP contribution >= 0.6 is 36.1 Å². The first kappa shape index (κ1) is 49.7. The Morgan fingerprint density at radius 2 is 1.68 bits per heavy atom. The number of carbonyl (C=O) groups excluding carboxylic acids is 2. The fourth-order valence-corrected chi connectivity index (χ4v) is 7.74. The third kappa shape index (κ3) is 16.1. The molecule has 3 heterocycles. The Bertz CT molecular complexity index is 2030. The van der Waals surface area contributed by atoms with E-state index in [4.69, 9.17) is 29.4 Å². The summed E-state index contributed by atoms with van der Waals surface area (Å²) in [6.45, 7) is 0.436. The predicted octanol–water partition coefficient (Wildman–Crippen LogP) is -0.515. The number of nitrogen functional groups attached to an aromatic ring is 1. The van der Waals surface area contributed by atoms with Crippen molar-refractivity contribution < 1.29 is 90.3 Å². The summed E-state index contributed by atoms with van der Waals surface area (Å²) in [7, 11) is -16.3.